The molecule has 0 spiro atoms. The Kier molecular flexibility index (Phi) is 6.03. The molecule has 1 N–H and O–H groups in total. The lowest BCUT2D eigenvalue weighted by Crippen LogP contribution is -2.48. The summed E-state index contributed by atoms with van der Waals surface area (Å²) < 4.78 is 0. The molecular formula is C24H25N5O. The Morgan fingerprint density at radius 3 is 2.30 bits per heavy atom. The van der Waals surface area contributed by atoms with Crippen molar-refractivity contribution in [3.05, 3.63) is 84.1 Å². The number of para-hydroxylation sites is 1. The molecule has 1 aromatic heterocycles. The van der Waals surface area contributed by atoms with E-state index in [4.69, 9.17) is 0 Å². The van der Waals surface area contributed by atoms with Gasteiger partial charge in [0, 0.05) is 49.7 Å². The summed E-state index contributed by atoms with van der Waals surface area (Å²) >= 11 is 0. The monoisotopic (exact) mass is 399 g/mol. The van der Waals surface area contributed by atoms with Crippen molar-refractivity contribution in [2.75, 3.05) is 36.4 Å². The van der Waals surface area contributed by atoms with Crippen molar-refractivity contribution >= 4 is 29.4 Å². The van der Waals surface area contributed by atoms with E-state index in [1.54, 1.807) is 6.08 Å². The minimum Gasteiger partial charge on any atom is -0.340 e. The molecule has 0 unspecified atom stereocenters. The van der Waals surface area contributed by atoms with Crippen molar-refractivity contribution in [3.8, 4) is 0 Å². The molecule has 0 bridgehead atoms. The summed E-state index contributed by atoms with van der Waals surface area (Å²) in [7, 11) is 0. The number of carbonyl (C=O) groups excluding carboxylic acids is 1. The SMILES string of the molecule is Cc1cc(Nc2ccccc2)nc(N2CCN(C(=O)/C=C/c3ccccc3)CC2)n1. The van der Waals surface area contributed by atoms with Gasteiger partial charge in [0.2, 0.25) is 11.9 Å². The second-order valence-corrected chi connectivity index (χ2v) is 7.24. The number of benzene rings is 2. The van der Waals surface area contributed by atoms with E-state index in [0.29, 0.717) is 32.1 Å². The molecule has 6 heteroatoms. The number of nitrogens with zero attached hydrogens (tertiary/aromatic N) is 4. The third-order valence-electron chi connectivity index (χ3n) is 4.98. The van der Waals surface area contributed by atoms with Crippen LogP contribution >= 0.6 is 0 Å². The van der Waals surface area contributed by atoms with Crippen LogP contribution in [0.2, 0.25) is 0 Å². The Bertz CT molecular complexity index is 1010. The average molecular weight is 399 g/mol. The van der Waals surface area contributed by atoms with Gasteiger partial charge in [-0.1, -0.05) is 48.5 Å². The van der Waals surface area contributed by atoms with Gasteiger partial charge in [-0.3, -0.25) is 4.79 Å². The number of piperazine rings is 1. The highest BCUT2D eigenvalue weighted by Crippen LogP contribution is 2.19. The molecule has 1 aliphatic rings. The first-order valence-electron chi connectivity index (χ1n) is 10.1. The van der Waals surface area contributed by atoms with Gasteiger partial charge in [-0.15, -0.1) is 0 Å². The molecule has 2 aromatic carbocycles. The lowest BCUT2D eigenvalue weighted by Gasteiger charge is -2.34. The molecule has 1 fully saturated rings. The Balaban J connectivity index is 1.38. The maximum Gasteiger partial charge on any atom is 0.246 e. The predicted molar refractivity (Wildman–Crippen MR) is 121 cm³/mol. The molecule has 30 heavy (non-hydrogen) atoms. The third kappa shape index (κ3) is 5.03. The molecule has 4 rings (SSSR count). The van der Waals surface area contributed by atoms with Crippen LogP contribution < -0.4 is 10.2 Å². The highest BCUT2D eigenvalue weighted by Gasteiger charge is 2.22. The van der Waals surface area contributed by atoms with Gasteiger partial charge < -0.3 is 15.1 Å². The molecule has 1 saturated heterocycles. The van der Waals surface area contributed by atoms with Crippen LogP contribution in [0.1, 0.15) is 11.3 Å². The van der Waals surface area contributed by atoms with Crippen LogP contribution in [-0.2, 0) is 4.79 Å². The summed E-state index contributed by atoms with van der Waals surface area (Å²) in [5.41, 5.74) is 2.92. The van der Waals surface area contributed by atoms with E-state index in [1.807, 2.05) is 84.6 Å². The maximum atomic E-state index is 12.5. The molecule has 1 amide bonds. The Morgan fingerprint density at radius 1 is 0.933 bits per heavy atom. The van der Waals surface area contributed by atoms with Crippen molar-refractivity contribution in [2.24, 2.45) is 0 Å². The summed E-state index contributed by atoms with van der Waals surface area (Å²) in [5, 5.41) is 3.33. The topological polar surface area (TPSA) is 61.4 Å². The first kappa shape index (κ1) is 19.6. The van der Waals surface area contributed by atoms with Crippen molar-refractivity contribution in [2.45, 2.75) is 6.92 Å². The van der Waals surface area contributed by atoms with Gasteiger partial charge in [0.15, 0.2) is 0 Å². The maximum absolute atomic E-state index is 12.5. The highest BCUT2D eigenvalue weighted by atomic mass is 16.2. The number of anilines is 3. The molecule has 0 aliphatic carbocycles. The summed E-state index contributed by atoms with van der Waals surface area (Å²) in [5.74, 6) is 1.50. The van der Waals surface area contributed by atoms with E-state index in [2.05, 4.69) is 20.2 Å². The van der Waals surface area contributed by atoms with Crippen LogP contribution in [0.3, 0.4) is 0 Å². The van der Waals surface area contributed by atoms with Crippen LogP contribution in [0.4, 0.5) is 17.5 Å². The third-order valence-corrected chi connectivity index (χ3v) is 4.98. The lowest BCUT2D eigenvalue weighted by molar-refractivity contribution is -0.126. The minimum atomic E-state index is 0.0371. The van der Waals surface area contributed by atoms with Crippen LogP contribution in [0.25, 0.3) is 6.08 Å². The number of carbonyl (C=O) groups is 1. The predicted octanol–water partition coefficient (Wildman–Crippen LogP) is 3.89. The second kappa shape index (κ2) is 9.22. The first-order chi connectivity index (χ1) is 14.7. The smallest absolute Gasteiger partial charge is 0.246 e. The average Bonchev–Trinajstić information content (AvgIpc) is 2.78. The normalized spacial score (nSPS) is 14.2. The molecule has 0 radical (unpaired) electrons. The Morgan fingerprint density at radius 2 is 1.60 bits per heavy atom. The minimum absolute atomic E-state index is 0.0371. The molecule has 0 atom stereocenters. The number of amides is 1. The Labute approximate surface area is 176 Å². The lowest BCUT2D eigenvalue weighted by atomic mass is 10.2. The van der Waals surface area contributed by atoms with Crippen molar-refractivity contribution < 1.29 is 4.79 Å². The second-order valence-electron chi connectivity index (χ2n) is 7.24. The number of hydrogen-bond donors (Lipinski definition) is 1. The number of hydrogen-bond acceptors (Lipinski definition) is 5. The van der Waals surface area contributed by atoms with Crippen molar-refractivity contribution in [1.29, 1.82) is 0 Å². The molecule has 1 aliphatic heterocycles. The zero-order valence-electron chi connectivity index (χ0n) is 17.0. The zero-order valence-corrected chi connectivity index (χ0v) is 17.0. The fraction of sp³-hybridized carbons (Fsp3) is 0.208. The van der Waals surface area contributed by atoms with E-state index in [1.165, 1.54) is 0 Å². The summed E-state index contributed by atoms with van der Waals surface area (Å²) in [4.78, 5) is 25.8. The summed E-state index contributed by atoms with van der Waals surface area (Å²) in [6.45, 7) is 4.68. The molecule has 152 valence electrons. The van der Waals surface area contributed by atoms with Crippen LogP contribution in [0.15, 0.2) is 72.8 Å². The quantitative estimate of drug-likeness (QED) is 0.660. The van der Waals surface area contributed by atoms with E-state index in [0.717, 1.165) is 22.8 Å². The Hall–Kier alpha value is -3.67. The van der Waals surface area contributed by atoms with E-state index < -0.39 is 0 Å². The first-order valence-corrected chi connectivity index (χ1v) is 10.1. The molecule has 0 saturated carbocycles. The zero-order chi connectivity index (χ0) is 20.8. The van der Waals surface area contributed by atoms with Crippen LogP contribution in [-0.4, -0.2) is 47.0 Å². The van der Waals surface area contributed by atoms with E-state index >= 15 is 0 Å². The molecule has 2 heterocycles. The number of aromatic nitrogens is 2. The van der Waals surface area contributed by atoms with Crippen LogP contribution in [0, 0.1) is 6.92 Å². The van der Waals surface area contributed by atoms with Gasteiger partial charge in [0.25, 0.3) is 0 Å². The fourth-order valence-corrected chi connectivity index (χ4v) is 3.39. The highest BCUT2D eigenvalue weighted by molar-refractivity contribution is 5.91. The van der Waals surface area contributed by atoms with Gasteiger partial charge in [-0.05, 0) is 30.7 Å². The molecule has 6 nitrogen and oxygen atoms in total. The number of nitrogens with one attached hydrogen (secondary N) is 1. The molecular weight excluding hydrogens is 374 g/mol. The van der Waals surface area contributed by atoms with Crippen molar-refractivity contribution in [3.63, 3.8) is 0 Å². The summed E-state index contributed by atoms with van der Waals surface area (Å²) in [6.07, 6.45) is 3.51. The summed E-state index contributed by atoms with van der Waals surface area (Å²) in [6, 6.07) is 21.8. The van der Waals surface area contributed by atoms with Gasteiger partial charge in [-0.2, -0.15) is 4.98 Å². The largest absolute Gasteiger partial charge is 0.340 e. The standard InChI is InChI=1S/C24H25N5O/c1-19-18-22(26-21-10-6-3-7-11-21)27-24(25-19)29-16-14-28(15-17-29)23(30)13-12-20-8-4-2-5-9-20/h2-13,18H,14-17H2,1H3,(H,25,26,27)/b13-12+. The van der Waals surface area contributed by atoms with Gasteiger partial charge in [-0.25, -0.2) is 4.98 Å². The molecule has 3 aromatic rings. The van der Waals surface area contributed by atoms with E-state index in [-0.39, 0.29) is 5.91 Å². The van der Waals surface area contributed by atoms with Gasteiger partial charge in [0.1, 0.15) is 5.82 Å². The number of rotatable bonds is 5. The van der Waals surface area contributed by atoms with E-state index in [9.17, 15) is 4.79 Å². The number of aryl methyl sites for hydroxylation is 1. The van der Waals surface area contributed by atoms with Crippen LogP contribution in [0.5, 0.6) is 0 Å². The van der Waals surface area contributed by atoms with Crippen molar-refractivity contribution in [1.82, 2.24) is 14.9 Å². The fourth-order valence-electron chi connectivity index (χ4n) is 3.39. The van der Waals surface area contributed by atoms with Gasteiger partial charge in [0.05, 0.1) is 0 Å². The van der Waals surface area contributed by atoms with Gasteiger partial charge >= 0.3 is 0 Å².